The third kappa shape index (κ3) is 2.82. The summed E-state index contributed by atoms with van der Waals surface area (Å²) in [6.45, 7) is 1.96. The number of hydrogen-bond donors (Lipinski definition) is 2. The van der Waals surface area contributed by atoms with Crippen LogP contribution in [0.2, 0.25) is 5.02 Å². The van der Waals surface area contributed by atoms with Crippen LogP contribution in [0.25, 0.3) is 10.8 Å². The number of anilines is 3. The van der Waals surface area contributed by atoms with E-state index >= 15 is 0 Å². The van der Waals surface area contributed by atoms with E-state index in [4.69, 9.17) is 17.3 Å². The molecule has 0 radical (unpaired) electrons. The van der Waals surface area contributed by atoms with Crippen molar-refractivity contribution in [3.63, 3.8) is 0 Å². The Hall–Kier alpha value is -1.78. The van der Waals surface area contributed by atoms with Crippen LogP contribution >= 0.6 is 27.5 Å². The van der Waals surface area contributed by atoms with Gasteiger partial charge in [-0.15, -0.1) is 0 Å². The standard InChI is InChI=1S/C16H13BrClN3/c1-9-6-11-12(8-20-9)15(19)4-5-16(11)21-10-2-3-14(18)13(17)7-10/h2-8,21H,19H2,1H3. The van der Waals surface area contributed by atoms with Gasteiger partial charge in [0.15, 0.2) is 0 Å². The molecule has 0 amide bonds. The van der Waals surface area contributed by atoms with E-state index in [1.807, 2.05) is 49.5 Å². The zero-order valence-electron chi connectivity index (χ0n) is 11.3. The molecule has 3 aromatic rings. The number of nitrogens with one attached hydrogen (secondary N) is 1. The molecule has 0 unspecified atom stereocenters. The molecule has 0 bridgehead atoms. The van der Waals surface area contributed by atoms with Gasteiger partial charge in [-0.3, -0.25) is 4.98 Å². The first-order valence-corrected chi connectivity index (χ1v) is 7.58. The third-order valence-electron chi connectivity index (χ3n) is 3.27. The summed E-state index contributed by atoms with van der Waals surface area (Å²) in [6, 6.07) is 11.6. The van der Waals surface area contributed by atoms with Crippen molar-refractivity contribution < 1.29 is 0 Å². The van der Waals surface area contributed by atoms with Crippen molar-refractivity contribution in [3.8, 4) is 0 Å². The minimum atomic E-state index is 0.683. The van der Waals surface area contributed by atoms with E-state index in [1.54, 1.807) is 0 Å². The van der Waals surface area contributed by atoms with Crippen LogP contribution < -0.4 is 11.1 Å². The fourth-order valence-corrected chi connectivity index (χ4v) is 2.70. The van der Waals surface area contributed by atoms with Gasteiger partial charge in [0.2, 0.25) is 0 Å². The monoisotopic (exact) mass is 361 g/mol. The van der Waals surface area contributed by atoms with Gasteiger partial charge >= 0.3 is 0 Å². The molecule has 3 nitrogen and oxygen atoms in total. The summed E-state index contributed by atoms with van der Waals surface area (Å²) >= 11 is 9.45. The van der Waals surface area contributed by atoms with E-state index in [2.05, 4.69) is 26.2 Å². The molecule has 2 aromatic carbocycles. The number of halogens is 2. The van der Waals surface area contributed by atoms with Gasteiger partial charge in [0.1, 0.15) is 0 Å². The maximum atomic E-state index is 6.02. The molecule has 5 heteroatoms. The lowest BCUT2D eigenvalue weighted by molar-refractivity contribution is 1.22. The first kappa shape index (κ1) is 14.2. The molecular formula is C16H13BrClN3. The first-order valence-electron chi connectivity index (χ1n) is 6.41. The molecule has 0 aliphatic carbocycles. The molecule has 0 atom stereocenters. The zero-order chi connectivity index (χ0) is 15.0. The summed E-state index contributed by atoms with van der Waals surface area (Å²) in [5.74, 6) is 0. The summed E-state index contributed by atoms with van der Waals surface area (Å²) in [4.78, 5) is 4.31. The van der Waals surface area contributed by atoms with Crippen LogP contribution in [0.4, 0.5) is 17.1 Å². The maximum Gasteiger partial charge on any atom is 0.0549 e. The second-order valence-electron chi connectivity index (χ2n) is 4.83. The van der Waals surface area contributed by atoms with Crippen LogP contribution in [0.3, 0.4) is 0 Å². The Labute approximate surface area is 136 Å². The Balaban J connectivity index is 2.10. The number of aryl methyl sites for hydroxylation is 1. The normalized spacial score (nSPS) is 10.8. The molecule has 1 heterocycles. The van der Waals surface area contributed by atoms with E-state index in [0.717, 1.165) is 38.0 Å². The van der Waals surface area contributed by atoms with Crippen molar-refractivity contribution in [1.82, 2.24) is 4.98 Å². The molecule has 0 spiro atoms. The summed E-state index contributed by atoms with van der Waals surface area (Å²) < 4.78 is 0.853. The van der Waals surface area contributed by atoms with Gasteiger partial charge in [0.05, 0.1) is 5.02 Å². The average molecular weight is 363 g/mol. The minimum Gasteiger partial charge on any atom is -0.398 e. The van der Waals surface area contributed by atoms with E-state index in [1.165, 1.54) is 0 Å². The Morgan fingerprint density at radius 1 is 1.14 bits per heavy atom. The topological polar surface area (TPSA) is 50.9 Å². The Morgan fingerprint density at radius 2 is 1.95 bits per heavy atom. The summed E-state index contributed by atoms with van der Waals surface area (Å²) in [5.41, 5.74) is 9.63. The second-order valence-corrected chi connectivity index (χ2v) is 6.09. The predicted molar refractivity (Wildman–Crippen MR) is 93.3 cm³/mol. The molecule has 0 saturated heterocycles. The molecule has 0 aliphatic rings. The molecule has 0 fully saturated rings. The van der Waals surface area contributed by atoms with Crippen molar-refractivity contribution >= 4 is 55.4 Å². The first-order chi connectivity index (χ1) is 10.0. The van der Waals surface area contributed by atoms with Crippen molar-refractivity contribution in [3.05, 3.63) is 57.8 Å². The zero-order valence-corrected chi connectivity index (χ0v) is 13.7. The largest absolute Gasteiger partial charge is 0.398 e. The van der Waals surface area contributed by atoms with Crippen LogP contribution in [0.1, 0.15) is 5.69 Å². The number of hydrogen-bond acceptors (Lipinski definition) is 3. The Morgan fingerprint density at radius 3 is 2.71 bits per heavy atom. The van der Waals surface area contributed by atoms with Gasteiger partial charge in [0, 0.05) is 44.2 Å². The molecule has 3 rings (SSSR count). The molecule has 106 valence electrons. The van der Waals surface area contributed by atoms with Gasteiger partial charge in [-0.25, -0.2) is 0 Å². The highest BCUT2D eigenvalue weighted by Gasteiger charge is 2.06. The molecule has 0 saturated carbocycles. The van der Waals surface area contributed by atoms with Crippen LogP contribution in [0.15, 0.2) is 47.1 Å². The molecule has 0 aliphatic heterocycles. The van der Waals surface area contributed by atoms with Crippen LogP contribution in [-0.4, -0.2) is 4.98 Å². The van der Waals surface area contributed by atoms with E-state index in [9.17, 15) is 0 Å². The number of aromatic nitrogens is 1. The molecule has 1 aromatic heterocycles. The highest BCUT2D eigenvalue weighted by Crippen LogP contribution is 2.32. The summed E-state index contributed by atoms with van der Waals surface area (Å²) in [5, 5.41) is 6.07. The van der Waals surface area contributed by atoms with E-state index in [0.29, 0.717) is 5.02 Å². The van der Waals surface area contributed by atoms with Gasteiger partial charge in [-0.1, -0.05) is 11.6 Å². The lowest BCUT2D eigenvalue weighted by Crippen LogP contribution is -1.95. The number of nitrogen functional groups attached to an aromatic ring is 1. The van der Waals surface area contributed by atoms with E-state index in [-0.39, 0.29) is 0 Å². The number of rotatable bonds is 2. The molecular weight excluding hydrogens is 350 g/mol. The summed E-state index contributed by atoms with van der Waals surface area (Å²) in [7, 11) is 0. The highest BCUT2D eigenvalue weighted by molar-refractivity contribution is 9.10. The third-order valence-corrected chi connectivity index (χ3v) is 4.48. The SMILES string of the molecule is Cc1cc2c(Nc3ccc(Cl)c(Br)c3)ccc(N)c2cn1. The van der Waals surface area contributed by atoms with Gasteiger partial charge < -0.3 is 11.1 Å². The van der Waals surface area contributed by atoms with Gasteiger partial charge in [-0.2, -0.15) is 0 Å². The Kier molecular flexibility index (Phi) is 3.74. The van der Waals surface area contributed by atoms with Crippen molar-refractivity contribution in [2.75, 3.05) is 11.1 Å². The predicted octanol–water partition coefficient (Wildman–Crippen LogP) is 5.28. The summed E-state index contributed by atoms with van der Waals surface area (Å²) in [6.07, 6.45) is 1.81. The van der Waals surface area contributed by atoms with Crippen LogP contribution in [-0.2, 0) is 0 Å². The lowest BCUT2D eigenvalue weighted by atomic mass is 10.1. The Bertz CT molecular complexity index is 833. The quantitative estimate of drug-likeness (QED) is 0.609. The molecule has 3 N–H and O–H groups in total. The maximum absolute atomic E-state index is 6.02. The minimum absolute atomic E-state index is 0.683. The fraction of sp³-hybridized carbons (Fsp3) is 0.0625. The van der Waals surface area contributed by atoms with Crippen LogP contribution in [0.5, 0.6) is 0 Å². The van der Waals surface area contributed by atoms with Crippen molar-refractivity contribution in [2.24, 2.45) is 0 Å². The van der Waals surface area contributed by atoms with Crippen molar-refractivity contribution in [1.29, 1.82) is 0 Å². The van der Waals surface area contributed by atoms with Gasteiger partial charge in [0.25, 0.3) is 0 Å². The molecule has 21 heavy (non-hydrogen) atoms. The lowest BCUT2D eigenvalue weighted by Gasteiger charge is -2.12. The number of pyridine rings is 1. The van der Waals surface area contributed by atoms with Crippen molar-refractivity contribution in [2.45, 2.75) is 6.92 Å². The number of nitrogens with two attached hydrogens (primary N) is 1. The number of fused-ring (bicyclic) bond motifs is 1. The number of benzene rings is 2. The fourth-order valence-electron chi connectivity index (χ4n) is 2.20. The highest BCUT2D eigenvalue weighted by atomic mass is 79.9. The van der Waals surface area contributed by atoms with Crippen LogP contribution in [0, 0.1) is 6.92 Å². The number of nitrogens with zero attached hydrogens (tertiary/aromatic N) is 1. The average Bonchev–Trinajstić information content (AvgIpc) is 2.46. The van der Waals surface area contributed by atoms with E-state index < -0.39 is 0 Å². The smallest absolute Gasteiger partial charge is 0.0549 e. The van der Waals surface area contributed by atoms with Gasteiger partial charge in [-0.05, 0) is 59.3 Å². The second kappa shape index (κ2) is 5.54.